The van der Waals surface area contributed by atoms with Crippen LogP contribution in [0.2, 0.25) is 0 Å². The second kappa shape index (κ2) is 5.13. The molecule has 1 rings (SSSR count). The van der Waals surface area contributed by atoms with Crippen molar-refractivity contribution in [3.63, 3.8) is 0 Å². The number of benzene rings is 1. The Morgan fingerprint density at radius 2 is 1.76 bits per heavy atom. The molecule has 0 saturated heterocycles. The summed E-state index contributed by atoms with van der Waals surface area (Å²) in [7, 11) is 0. The van der Waals surface area contributed by atoms with Crippen LogP contribution >= 0.6 is 0 Å². The maximum atomic E-state index is 13.6. The van der Waals surface area contributed by atoms with Gasteiger partial charge in [0, 0.05) is 12.0 Å². The fourth-order valence-electron chi connectivity index (χ4n) is 1.88. The molecule has 0 amide bonds. The lowest BCUT2D eigenvalue weighted by atomic mass is 9.80. The Hall–Kier alpha value is -0.960. The van der Waals surface area contributed by atoms with Crippen LogP contribution in [0.4, 0.5) is 8.78 Å². The third-order valence-corrected chi connectivity index (χ3v) is 3.28. The van der Waals surface area contributed by atoms with Crippen molar-refractivity contribution in [2.75, 3.05) is 6.54 Å². The molecule has 1 nitrogen and oxygen atoms in total. The summed E-state index contributed by atoms with van der Waals surface area (Å²) < 4.78 is 27.2. The van der Waals surface area contributed by atoms with Gasteiger partial charge in [0.25, 0.3) is 5.92 Å². The standard InChI is InChI=1S/C14H21F2N/c1-4-14(15,16)12-7-5-6-11(10-12)13(2,3)8-9-17/h5-7,10H,4,8-9,17H2,1-3H3. The highest BCUT2D eigenvalue weighted by Crippen LogP contribution is 2.34. The zero-order valence-corrected chi connectivity index (χ0v) is 10.8. The van der Waals surface area contributed by atoms with E-state index in [1.54, 1.807) is 12.1 Å². The van der Waals surface area contributed by atoms with E-state index in [2.05, 4.69) is 0 Å². The molecule has 0 unspecified atom stereocenters. The zero-order valence-electron chi connectivity index (χ0n) is 10.8. The largest absolute Gasteiger partial charge is 0.330 e. The number of nitrogens with two attached hydrogens (primary N) is 1. The molecule has 0 saturated carbocycles. The lowest BCUT2D eigenvalue weighted by Crippen LogP contribution is -2.22. The van der Waals surface area contributed by atoms with Crippen LogP contribution in [-0.2, 0) is 11.3 Å². The third kappa shape index (κ3) is 3.25. The fourth-order valence-corrected chi connectivity index (χ4v) is 1.88. The van der Waals surface area contributed by atoms with E-state index in [0.29, 0.717) is 6.54 Å². The molecular weight excluding hydrogens is 220 g/mol. The van der Waals surface area contributed by atoms with Gasteiger partial charge in [-0.15, -0.1) is 0 Å². The molecule has 17 heavy (non-hydrogen) atoms. The predicted octanol–water partition coefficient (Wildman–Crippen LogP) is 3.81. The van der Waals surface area contributed by atoms with Gasteiger partial charge in [0.05, 0.1) is 0 Å². The summed E-state index contributed by atoms with van der Waals surface area (Å²) in [5, 5.41) is 0. The monoisotopic (exact) mass is 241 g/mol. The van der Waals surface area contributed by atoms with E-state index in [0.717, 1.165) is 12.0 Å². The molecule has 2 N–H and O–H groups in total. The van der Waals surface area contributed by atoms with Crippen molar-refractivity contribution in [3.05, 3.63) is 35.4 Å². The Morgan fingerprint density at radius 3 is 2.29 bits per heavy atom. The van der Waals surface area contributed by atoms with Crippen LogP contribution in [0.1, 0.15) is 44.7 Å². The minimum atomic E-state index is -2.74. The molecule has 0 aromatic heterocycles. The summed E-state index contributed by atoms with van der Waals surface area (Å²) in [5.74, 6) is -2.74. The van der Waals surface area contributed by atoms with E-state index in [1.807, 2.05) is 19.9 Å². The Morgan fingerprint density at radius 1 is 1.18 bits per heavy atom. The first kappa shape index (κ1) is 14.1. The first-order valence-corrected chi connectivity index (χ1v) is 6.02. The van der Waals surface area contributed by atoms with Crippen molar-refractivity contribution in [2.45, 2.75) is 45.0 Å². The second-order valence-electron chi connectivity index (χ2n) is 5.06. The van der Waals surface area contributed by atoms with Gasteiger partial charge in [-0.05, 0) is 30.0 Å². The molecule has 96 valence electrons. The smallest absolute Gasteiger partial charge is 0.273 e. The van der Waals surface area contributed by atoms with Gasteiger partial charge in [-0.1, -0.05) is 39.0 Å². The van der Waals surface area contributed by atoms with E-state index < -0.39 is 5.92 Å². The van der Waals surface area contributed by atoms with Crippen molar-refractivity contribution in [2.24, 2.45) is 5.73 Å². The van der Waals surface area contributed by atoms with Gasteiger partial charge in [0.1, 0.15) is 0 Å². The molecule has 3 heteroatoms. The van der Waals surface area contributed by atoms with Crippen molar-refractivity contribution >= 4 is 0 Å². The number of halogens is 2. The molecule has 1 aromatic rings. The Labute approximate surface area is 102 Å². The number of alkyl halides is 2. The van der Waals surface area contributed by atoms with Gasteiger partial charge in [-0.2, -0.15) is 0 Å². The van der Waals surface area contributed by atoms with Crippen LogP contribution in [0, 0.1) is 0 Å². The maximum Gasteiger partial charge on any atom is 0.273 e. The summed E-state index contributed by atoms with van der Waals surface area (Å²) >= 11 is 0. The Balaban J connectivity index is 3.09. The average molecular weight is 241 g/mol. The van der Waals surface area contributed by atoms with Crippen molar-refractivity contribution in [3.8, 4) is 0 Å². The van der Waals surface area contributed by atoms with Crippen molar-refractivity contribution in [1.29, 1.82) is 0 Å². The van der Waals surface area contributed by atoms with Crippen molar-refractivity contribution in [1.82, 2.24) is 0 Å². The molecule has 0 aliphatic carbocycles. The van der Waals surface area contributed by atoms with E-state index in [1.165, 1.54) is 13.0 Å². The summed E-state index contributed by atoms with van der Waals surface area (Å²) in [6, 6.07) is 6.70. The summed E-state index contributed by atoms with van der Waals surface area (Å²) in [4.78, 5) is 0. The zero-order chi connectivity index (χ0) is 13.1. The van der Waals surface area contributed by atoms with Gasteiger partial charge < -0.3 is 5.73 Å². The molecule has 0 spiro atoms. The Bertz CT molecular complexity index is 372. The van der Waals surface area contributed by atoms with Crippen molar-refractivity contribution < 1.29 is 8.78 Å². The molecule has 0 atom stereocenters. The highest BCUT2D eigenvalue weighted by Gasteiger charge is 2.30. The van der Waals surface area contributed by atoms with Gasteiger partial charge >= 0.3 is 0 Å². The van der Waals surface area contributed by atoms with Crippen LogP contribution in [0.15, 0.2) is 24.3 Å². The first-order valence-electron chi connectivity index (χ1n) is 6.02. The van der Waals surface area contributed by atoms with Gasteiger partial charge in [0.15, 0.2) is 0 Å². The minimum Gasteiger partial charge on any atom is -0.330 e. The topological polar surface area (TPSA) is 26.0 Å². The van der Waals surface area contributed by atoms with Gasteiger partial charge in [-0.25, -0.2) is 8.78 Å². The number of hydrogen-bond acceptors (Lipinski definition) is 1. The first-order chi connectivity index (χ1) is 7.83. The Kier molecular flexibility index (Phi) is 4.26. The van der Waals surface area contributed by atoms with Crippen LogP contribution in [-0.4, -0.2) is 6.54 Å². The van der Waals surface area contributed by atoms with Crippen LogP contribution in [0.25, 0.3) is 0 Å². The predicted molar refractivity (Wildman–Crippen MR) is 67.3 cm³/mol. The molecule has 0 bridgehead atoms. The molecular formula is C14H21F2N. The number of rotatable bonds is 5. The minimum absolute atomic E-state index is 0.0996. The summed E-state index contributed by atoms with van der Waals surface area (Å²) in [6.07, 6.45) is 0.613. The lowest BCUT2D eigenvalue weighted by molar-refractivity contribution is -0.00841. The van der Waals surface area contributed by atoms with E-state index in [9.17, 15) is 8.78 Å². The highest BCUT2D eigenvalue weighted by atomic mass is 19.3. The second-order valence-corrected chi connectivity index (χ2v) is 5.06. The lowest BCUT2D eigenvalue weighted by Gasteiger charge is -2.26. The van der Waals surface area contributed by atoms with Crippen LogP contribution in [0.5, 0.6) is 0 Å². The molecule has 0 aliphatic heterocycles. The van der Waals surface area contributed by atoms with E-state index >= 15 is 0 Å². The van der Waals surface area contributed by atoms with Gasteiger partial charge in [-0.3, -0.25) is 0 Å². The molecule has 0 fully saturated rings. The number of hydrogen-bond donors (Lipinski definition) is 1. The quantitative estimate of drug-likeness (QED) is 0.833. The molecule has 0 aliphatic rings. The SMILES string of the molecule is CCC(F)(F)c1cccc(C(C)(C)CCN)c1. The average Bonchev–Trinajstić information content (AvgIpc) is 2.29. The highest BCUT2D eigenvalue weighted by molar-refractivity contribution is 5.31. The third-order valence-electron chi connectivity index (χ3n) is 3.28. The fraction of sp³-hybridized carbons (Fsp3) is 0.571. The van der Waals surface area contributed by atoms with Crippen LogP contribution < -0.4 is 5.73 Å². The normalized spacial score (nSPS) is 12.8. The molecule has 0 radical (unpaired) electrons. The maximum absolute atomic E-state index is 13.6. The van der Waals surface area contributed by atoms with Crippen LogP contribution in [0.3, 0.4) is 0 Å². The summed E-state index contributed by atoms with van der Waals surface area (Å²) in [5.41, 5.74) is 6.42. The molecule has 0 heterocycles. The summed E-state index contributed by atoms with van der Waals surface area (Å²) in [6.45, 7) is 6.12. The van der Waals surface area contributed by atoms with Gasteiger partial charge in [0.2, 0.25) is 0 Å². The van der Waals surface area contributed by atoms with E-state index in [4.69, 9.17) is 5.73 Å². The molecule has 1 aromatic carbocycles. The van der Waals surface area contributed by atoms with E-state index in [-0.39, 0.29) is 17.4 Å².